The summed E-state index contributed by atoms with van der Waals surface area (Å²) < 4.78 is 63.1. The molecular weight excluding hydrogens is 491 g/mol. The molecule has 0 spiro atoms. The molecule has 0 N–H and O–H groups in total. The average molecular weight is 507 g/mol. The lowest BCUT2D eigenvalue weighted by Gasteiger charge is -2.24. The third-order valence-corrected chi connectivity index (χ3v) is 5.66. The van der Waals surface area contributed by atoms with Crippen LogP contribution >= 0.6 is 0 Å². The molecule has 1 amide bonds. The van der Waals surface area contributed by atoms with Gasteiger partial charge in [0.2, 0.25) is 5.82 Å². The normalized spacial score (nSPS) is 11.7. The number of pyridine rings is 1. The van der Waals surface area contributed by atoms with E-state index in [9.17, 15) is 36.5 Å². The minimum atomic E-state index is -4.83. The molecule has 2 heterocycles. The maximum Gasteiger partial charge on any atom is 0.451 e. The molecule has 0 radical (unpaired) electrons. The van der Waals surface area contributed by atoms with Crippen LogP contribution in [0.5, 0.6) is 0 Å². The van der Waals surface area contributed by atoms with E-state index in [1.54, 1.807) is 0 Å². The minimum absolute atomic E-state index is 0.185. The molecule has 3 aromatic rings. The Bertz CT molecular complexity index is 1410. The van der Waals surface area contributed by atoms with Crippen LogP contribution in [0.2, 0.25) is 0 Å². The zero-order valence-corrected chi connectivity index (χ0v) is 18.7. The highest BCUT2D eigenvalue weighted by Crippen LogP contribution is 2.29. The molecule has 0 unspecified atom stereocenters. The molecule has 0 fully saturated rings. The highest BCUT2D eigenvalue weighted by Gasteiger charge is 2.35. The predicted octanol–water partition coefficient (Wildman–Crippen LogP) is 3.69. The number of nitro groups is 1. The van der Waals surface area contributed by atoms with E-state index in [4.69, 9.17) is 0 Å². The molecule has 0 saturated carbocycles. The van der Waals surface area contributed by atoms with Gasteiger partial charge in [-0.25, -0.2) is 23.4 Å². The lowest BCUT2D eigenvalue weighted by atomic mass is 10.1. The van der Waals surface area contributed by atoms with Crippen LogP contribution in [0.15, 0.2) is 60.5 Å². The van der Waals surface area contributed by atoms with Gasteiger partial charge in [0.1, 0.15) is 0 Å². The van der Waals surface area contributed by atoms with Gasteiger partial charge in [0.15, 0.2) is 14.9 Å². The van der Waals surface area contributed by atoms with Gasteiger partial charge >= 0.3 is 6.18 Å². The Balaban J connectivity index is 2.14. The first-order valence-corrected chi connectivity index (χ1v) is 11.5. The summed E-state index contributed by atoms with van der Waals surface area (Å²) in [5.41, 5.74) is -0.427. The summed E-state index contributed by atoms with van der Waals surface area (Å²) in [6.07, 6.45) is -0.192. The largest absolute Gasteiger partial charge is 0.451 e. The first kappa shape index (κ1) is 25.4. The highest BCUT2D eigenvalue weighted by molar-refractivity contribution is 7.90. The Morgan fingerprint density at radius 1 is 1.20 bits per heavy atom. The number of benzene rings is 1. The Morgan fingerprint density at radius 3 is 2.40 bits per heavy atom. The molecule has 3 rings (SSSR count). The predicted molar refractivity (Wildman–Crippen MR) is 118 cm³/mol. The van der Waals surface area contributed by atoms with Crippen LogP contribution in [0.1, 0.15) is 27.3 Å². The topological polar surface area (TPSA) is 136 Å². The van der Waals surface area contributed by atoms with Gasteiger partial charge in [-0.15, -0.1) is 0 Å². The summed E-state index contributed by atoms with van der Waals surface area (Å²) in [5.74, 6) is -2.42. The van der Waals surface area contributed by atoms with Gasteiger partial charge in [-0.3, -0.25) is 14.9 Å². The van der Waals surface area contributed by atoms with Crippen molar-refractivity contribution in [3.8, 4) is 0 Å². The lowest BCUT2D eigenvalue weighted by molar-refractivity contribution is -0.385. The van der Waals surface area contributed by atoms with E-state index in [0.29, 0.717) is 12.4 Å². The number of alkyl halides is 3. The minimum Gasteiger partial charge on any atom is -0.301 e. The molecule has 35 heavy (non-hydrogen) atoms. The number of carbonyl (C=O) groups is 1. The molecular formula is C21H16F3N5O5S. The third-order valence-electron chi connectivity index (χ3n) is 4.64. The summed E-state index contributed by atoms with van der Waals surface area (Å²) >= 11 is 0. The summed E-state index contributed by atoms with van der Waals surface area (Å²) in [5, 5.41) is 10.9. The van der Waals surface area contributed by atoms with Crippen molar-refractivity contribution < 1.29 is 31.3 Å². The molecule has 2 aromatic heterocycles. The Morgan fingerprint density at radius 2 is 1.86 bits per heavy atom. The number of anilines is 1. The van der Waals surface area contributed by atoms with E-state index in [1.165, 1.54) is 42.6 Å². The Kier molecular flexibility index (Phi) is 6.96. The molecule has 0 aliphatic carbocycles. The van der Waals surface area contributed by atoms with Gasteiger partial charge in [0.05, 0.1) is 28.3 Å². The van der Waals surface area contributed by atoms with Crippen molar-refractivity contribution >= 4 is 33.2 Å². The lowest BCUT2D eigenvalue weighted by Crippen LogP contribution is -2.32. The van der Waals surface area contributed by atoms with Crippen LogP contribution in [0, 0.1) is 10.1 Å². The zero-order valence-electron chi connectivity index (χ0n) is 17.9. The fraction of sp³-hybridized carbons (Fsp3) is 0.143. The van der Waals surface area contributed by atoms with Gasteiger partial charge in [-0.1, -0.05) is 18.7 Å². The molecule has 182 valence electrons. The van der Waals surface area contributed by atoms with Crippen molar-refractivity contribution in [1.29, 1.82) is 0 Å². The van der Waals surface area contributed by atoms with Crippen LogP contribution in [-0.2, 0) is 22.6 Å². The maximum absolute atomic E-state index is 13.3. The molecule has 0 saturated heterocycles. The average Bonchev–Trinajstić information content (AvgIpc) is 2.81. The smallest absolute Gasteiger partial charge is 0.301 e. The number of amides is 1. The molecule has 14 heteroatoms. The van der Waals surface area contributed by atoms with E-state index in [0.717, 1.165) is 11.2 Å². The van der Waals surface area contributed by atoms with E-state index < -0.39 is 37.7 Å². The molecule has 0 atom stereocenters. The van der Waals surface area contributed by atoms with E-state index in [2.05, 4.69) is 21.5 Å². The van der Waals surface area contributed by atoms with Crippen LogP contribution < -0.4 is 4.90 Å². The van der Waals surface area contributed by atoms with E-state index in [1.807, 2.05) is 0 Å². The van der Waals surface area contributed by atoms with E-state index >= 15 is 0 Å². The molecule has 0 aliphatic heterocycles. The van der Waals surface area contributed by atoms with Gasteiger partial charge in [0, 0.05) is 30.9 Å². The fourth-order valence-electron chi connectivity index (χ4n) is 3.08. The summed E-state index contributed by atoms with van der Waals surface area (Å²) in [7, 11) is -3.95. The van der Waals surface area contributed by atoms with Crippen molar-refractivity contribution in [1.82, 2.24) is 15.0 Å². The highest BCUT2D eigenvalue weighted by atomic mass is 32.2. The monoisotopic (exact) mass is 507 g/mol. The number of aromatic nitrogens is 3. The maximum atomic E-state index is 13.3. The van der Waals surface area contributed by atoms with Crippen molar-refractivity contribution in [3.63, 3.8) is 0 Å². The SMILES string of the molecule is C=Cc1ccc(CN(C(=O)c2cnc(C(F)(F)F)nc2)c2cccnc2S(C)(=O)=O)cc1[N+](=O)[O-]. The second-order valence-corrected chi connectivity index (χ2v) is 9.07. The van der Waals surface area contributed by atoms with E-state index in [-0.39, 0.29) is 34.6 Å². The van der Waals surface area contributed by atoms with Crippen LogP contribution in [0.3, 0.4) is 0 Å². The van der Waals surface area contributed by atoms with Crippen molar-refractivity contribution in [2.24, 2.45) is 0 Å². The fourth-order valence-corrected chi connectivity index (χ4v) is 3.89. The summed E-state index contributed by atoms with van der Waals surface area (Å²) in [6, 6.07) is 6.67. The van der Waals surface area contributed by atoms with Gasteiger partial charge in [-0.2, -0.15) is 13.2 Å². The summed E-state index contributed by atoms with van der Waals surface area (Å²) in [4.78, 5) is 35.2. The molecule has 0 bridgehead atoms. The summed E-state index contributed by atoms with van der Waals surface area (Å²) in [6.45, 7) is 3.12. The Hall–Kier alpha value is -4.20. The third kappa shape index (κ3) is 5.66. The van der Waals surface area contributed by atoms with Crippen LogP contribution in [0.25, 0.3) is 6.08 Å². The zero-order chi connectivity index (χ0) is 26.0. The standard InChI is InChI=1S/C21H16F3N5O5S/c1-3-14-7-6-13(9-17(14)29(31)32)12-28(16-5-4-8-25-18(16)35(2,33)34)19(30)15-10-26-20(27-11-15)21(22,23)24/h3-11H,1,12H2,2H3. The number of carbonyl (C=O) groups excluding carboxylic acids is 1. The number of nitrogens with zero attached hydrogens (tertiary/aromatic N) is 5. The van der Waals surface area contributed by atoms with Crippen LogP contribution in [-0.4, -0.2) is 40.5 Å². The van der Waals surface area contributed by atoms with Crippen molar-refractivity contribution in [2.45, 2.75) is 17.7 Å². The number of hydrogen-bond donors (Lipinski definition) is 0. The first-order valence-electron chi connectivity index (χ1n) is 9.59. The molecule has 0 aliphatic rings. The quantitative estimate of drug-likeness (QED) is 0.349. The Labute approximate surface area is 196 Å². The number of nitro benzene ring substituents is 1. The number of rotatable bonds is 7. The number of halogens is 3. The molecule has 1 aromatic carbocycles. The number of sulfone groups is 1. The van der Waals surface area contributed by atoms with Gasteiger partial charge in [0.25, 0.3) is 11.6 Å². The second kappa shape index (κ2) is 9.58. The second-order valence-electron chi connectivity index (χ2n) is 7.14. The van der Waals surface area contributed by atoms with Gasteiger partial charge < -0.3 is 4.90 Å². The van der Waals surface area contributed by atoms with Gasteiger partial charge in [-0.05, 0) is 23.8 Å². The van der Waals surface area contributed by atoms with Crippen LogP contribution in [0.4, 0.5) is 24.5 Å². The first-order chi connectivity index (χ1) is 16.3. The number of hydrogen-bond acceptors (Lipinski definition) is 8. The van der Waals surface area contributed by atoms with Crippen molar-refractivity contribution in [2.75, 3.05) is 11.2 Å². The molecule has 10 nitrogen and oxygen atoms in total. The van der Waals surface area contributed by atoms with Crippen molar-refractivity contribution in [3.05, 3.63) is 88.1 Å².